The highest BCUT2D eigenvalue weighted by Crippen LogP contribution is 2.24. The Bertz CT molecular complexity index is 815. The van der Waals surface area contributed by atoms with Gasteiger partial charge in [0.25, 0.3) is 0 Å². The number of para-hydroxylation sites is 2. The van der Waals surface area contributed by atoms with Gasteiger partial charge in [0, 0.05) is 11.3 Å². The van der Waals surface area contributed by atoms with E-state index in [2.05, 4.69) is 10.6 Å². The van der Waals surface area contributed by atoms with Gasteiger partial charge in [0.1, 0.15) is 5.75 Å². The fourth-order valence-corrected chi connectivity index (χ4v) is 3.13. The van der Waals surface area contributed by atoms with Crippen molar-refractivity contribution in [1.29, 1.82) is 0 Å². The molecule has 6 nitrogen and oxygen atoms in total. The molecule has 0 saturated heterocycles. The Hall–Kier alpha value is -2.86. The number of hydrogen-bond donors (Lipinski definition) is 2. The lowest BCUT2D eigenvalue weighted by atomic mass is 10.1. The predicted molar refractivity (Wildman–Crippen MR) is 112 cm³/mol. The lowest BCUT2D eigenvalue weighted by molar-refractivity contribution is -0.123. The molecule has 28 heavy (non-hydrogen) atoms. The fraction of sp³-hybridized carbons (Fsp3) is 0.364. The first-order valence-electron chi connectivity index (χ1n) is 9.28. The predicted octanol–water partition coefficient (Wildman–Crippen LogP) is 3.06. The van der Waals surface area contributed by atoms with Crippen LogP contribution in [0.4, 0.5) is 5.69 Å². The van der Waals surface area contributed by atoms with Gasteiger partial charge in [-0.25, -0.2) is 0 Å². The summed E-state index contributed by atoms with van der Waals surface area (Å²) in [5.74, 6) is 0.433. The van der Waals surface area contributed by atoms with Gasteiger partial charge in [-0.2, -0.15) is 0 Å². The summed E-state index contributed by atoms with van der Waals surface area (Å²) in [4.78, 5) is 26.4. The first-order chi connectivity index (χ1) is 13.3. The summed E-state index contributed by atoms with van der Waals surface area (Å²) in [6.45, 7) is 6.07. The highest BCUT2D eigenvalue weighted by molar-refractivity contribution is 5.94. The number of nitrogens with zero attached hydrogens (tertiary/aromatic N) is 1. The third-order valence-electron chi connectivity index (χ3n) is 4.56. The molecule has 1 atom stereocenters. The Morgan fingerprint density at radius 3 is 2.25 bits per heavy atom. The van der Waals surface area contributed by atoms with E-state index in [4.69, 9.17) is 4.74 Å². The maximum absolute atomic E-state index is 12.4. The molecule has 0 aromatic heterocycles. The molecular weight excluding hydrogens is 354 g/mol. The molecule has 6 heteroatoms. The molecule has 2 aromatic rings. The molecule has 0 bridgehead atoms. The molecule has 0 saturated carbocycles. The van der Waals surface area contributed by atoms with Crippen LogP contribution in [0, 0.1) is 13.8 Å². The molecule has 0 heterocycles. The highest BCUT2D eigenvalue weighted by atomic mass is 16.5. The maximum atomic E-state index is 12.4. The second kappa shape index (κ2) is 9.90. The number of hydrogen-bond acceptors (Lipinski definition) is 4. The van der Waals surface area contributed by atoms with Crippen LogP contribution in [-0.4, -0.2) is 44.0 Å². The summed E-state index contributed by atoms with van der Waals surface area (Å²) in [6, 6.07) is 13.3. The van der Waals surface area contributed by atoms with Crippen molar-refractivity contribution in [2.24, 2.45) is 0 Å². The molecule has 150 valence electrons. The maximum Gasteiger partial charge on any atom is 0.238 e. The number of carbonyl (C=O) groups excluding carboxylic acids is 2. The van der Waals surface area contributed by atoms with Gasteiger partial charge in [0.2, 0.25) is 11.8 Å². The molecule has 2 aromatic carbocycles. The fourth-order valence-electron chi connectivity index (χ4n) is 3.13. The third kappa shape index (κ3) is 5.82. The van der Waals surface area contributed by atoms with Crippen molar-refractivity contribution in [1.82, 2.24) is 10.2 Å². The van der Waals surface area contributed by atoms with Gasteiger partial charge in [-0.1, -0.05) is 36.4 Å². The van der Waals surface area contributed by atoms with Crippen molar-refractivity contribution < 1.29 is 14.3 Å². The number of carbonyl (C=O) groups is 2. The second-order valence-corrected chi connectivity index (χ2v) is 7.02. The number of aryl methyl sites for hydroxylation is 2. The van der Waals surface area contributed by atoms with Crippen LogP contribution in [-0.2, 0) is 9.59 Å². The minimum absolute atomic E-state index is 0.125. The normalized spacial score (nSPS) is 11.8. The number of ether oxygens (including phenoxy) is 1. The lowest BCUT2D eigenvalue weighted by Gasteiger charge is -2.20. The van der Waals surface area contributed by atoms with Gasteiger partial charge in [-0.3, -0.25) is 14.5 Å². The van der Waals surface area contributed by atoms with E-state index >= 15 is 0 Å². The number of methoxy groups -OCH3 is 1. The van der Waals surface area contributed by atoms with Crippen LogP contribution in [0.5, 0.6) is 5.75 Å². The quantitative estimate of drug-likeness (QED) is 0.735. The third-order valence-corrected chi connectivity index (χ3v) is 4.56. The van der Waals surface area contributed by atoms with Crippen molar-refractivity contribution in [2.45, 2.75) is 26.8 Å². The van der Waals surface area contributed by atoms with E-state index < -0.39 is 0 Å². The van der Waals surface area contributed by atoms with Crippen molar-refractivity contribution in [3.05, 3.63) is 59.2 Å². The highest BCUT2D eigenvalue weighted by Gasteiger charge is 2.16. The number of amides is 2. The SMILES string of the molecule is COc1ccccc1[C@@H](C)NC(=O)CN(C)CC(=O)Nc1c(C)cccc1C. The Balaban J connectivity index is 1.87. The summed E-state index contributed by atoms with van der Waals surface area (Å²) in [7, 11) is 3.35. The minimum atomic E-state index is -0.194. The molecule has 0 aliphatic rings. The van der Waals surface area contributed by atoms with E-state index in [1.54, 1.807) is 19.1 Å². The molecule has 0 spiro atoms. The zero-order valence-corrected chi connectivity index (χ0v) is 17.2. The van der Waals surface area contributed by atoms with Gasteiger partial charge in [0.15, 0.2) is 0 Å². The van der Waals surface area contributed by atoms with Crippen molar-refractivity contribution in [2.75, 3.05) is 32.6 Å². The van der Waals surface area contributed by atoms with Gasteiger partial charge in [-0.15, -0.1) is 0 Å². The first kappa shape index (κ1) is 21.4. The zero-order chi connectivity index (χ0) is 20.7. The Morgan fingerprint density at radius 1 is 1.00 bits per heavy atom. The van der Waals surface area contributed by atoms with Crippen molar-refractivity contribution in [3.8, 4) is 5.75 Å². The Morgan fingerprint density at radius 2 is 1.61 bits per heavy atom. The molecule has 2 N–H and O–H groups in total. The monoisotopic (exact) mass is 383 g/mol. The smallest absolute Gasteiger partial charge is 0.238 e. The summed E-state index contributed by atoms with van der Waals surface area (Å²) in [5, 5.41) is 5.89. The number of likely N-dealkylation sites (N-methyl/N-ethyl adjacent to an activating group) is 1. The average molecular weight is 383 g/mol. The lowest BCUT2D eigenvalue weighted by Crippen LogP contribution is -2.39. The Labute approximate surface area is 166 Å². The Kier molecular flexibility index (Phi) is 7.58. The number of anilines is 1. The van der Waals surface area contributed by atoms with Crippen LogP contribution in [0.15, 0.2) is 42.5 Å². The van der Waals surface area contributed by atoms with Gasteiger partial charge in [0.05, 0.1) is 26.2 Å². The van der Waals surface area contributed by atoms with E-state index in [1.165, 1.54) is 0 Å². The number of rotatable bonds is 8. The van der Waals surface area contributed by atoms with E-state index in [1.807, 2.05) is 63.2 Å². The van der Waals surface area contributed by atoms with Crippen LogP contribution >= 0.6 is 0 Å². The van der Waals surface area contributed by atoms with Crippen LogP contribution in [0.1, 0.15) is 29.7 Å². The molecule has 2 rings (SSSR count). The average Bonchev–Trinajstić information content (AvgIpc) is 2.64. The van der Waals surface area contributed by atoms with Crippen LogP contribution < -0.4 is 15.4 Å². The standard InChI is InChI=1S/C22H29N3O3/c1-15-9-8-10-16(2)22(15)24-21(27)14-25(4)13-20(26)23-17(3)18-11-6-7-12-19(18)28-5/h6-12,17H,13-14H2,1-5H3,(H,23,26)(H,24,27)/t17-/m1/s1. The van der Waals surface area contributed by atoms with Crippen molar-refractivity contribution in [3.63, 3.8) is 0 Å². The van der Waals surface area contributed by atoms with E-state index in [0.717, 1.165) is 28.1 Å². The van der Waals surface area contributed by atoms with E-state index in [9.17, 15) is 9.59 Å². The van der Waals surface area contributed by atoms with Crippen molar-refractivity contribution >= 4 is 17.5 Å². The molecule has 0 fully saturated rings. The van der Waals surface area contributed by atoms with E-state index in [0.29, 0.717) is 0 Å². The minimum Gasteiger partial charge on any atom is -0.496 e. The molecule has 0 aliphatic heterocycles. The van der Waals surface area contributed by atoms with Gasteiger partial charge in [-0.05, 0) is 45.0 Å². The summed E-state index contributed by atoms with van der Waals surface area (Å²) < 4.78 is 5.34. The second-order valence-electron chi connectivity index (χ2n) is 7.02. The summed E-state index contributed by atoms with van der Waals surface area (Å²) in [6.07, 6.45) is 0. The zero-order valence-electron chi connectivity index (χ0n) is 17.2. The first-order valence-corrected chi connectivity index (χ1v) is 9.28. The molecule has 0 aliphatic carbocycles. The molecular formula is C22H29N3O3. The molecule has 2 amide bonds. The van der Waals surface area contributed by atoms with Gasteiger partial charge < -0.3 is 15.4 Å². The van der Waals surface area contributed by atoms with Crippen LogP contribution in [0.3, 0.4) is 0 Å². The largest absolute Gasteiger partial charge is 0.496 e. The molecule has 0 radical (unpaired) electrons. The topological polar surface area (TPSA) is 70.7 Å². The summed E-state index contributed by atoms with van der Waals surface area (Å²) in [5.41, 5.74) is 3.77. The van der Waals surface area contributed by atoms with E-state index in [-0.39, 0.29) is 30.9 Å². The van der Waals surface area contributed by atoms with Crippen LogP contribution in [0.2, 0.25) is 0 Å². The number of nitrogens with one attached hydrogen (secondary N) is 2. The number of benzene rings is 2. The van der Waals surface area contributed by atoms with Gasteiger partial charge >= 0.3 is 0 Å². The molecule has 0 unspecified atom stereocenters. The summed E-state index contributed by atoms with van der Waals surface area (Å²) >= 11 is 0. The van der Waals surface area contributed by atoms with Crippen LogP contribution in [0.25, 0.3) is 0 Å².